The van der Waals surface area contributed by atoms with Crippen molar-refractivity contribution in [2.24, 2.45) is 5.73 Å². The minimum atomic E-state index is -0.321. The molecule has 0 fully saturated rings. The molecule has 0 saturated heterocycles. The quantitative estimate of drug-likeness (QED) is 0.800. The average molecular weight is 283 g/mol. The topological polar surface area (TPSA) is 60.9 Å². The van der Waals surface area contributed by atoms with Crippen molar-refractivity contribution in [3.63, 3.8) is 0 Å². The van der Waals surface area contributed by atoms with Gasteiger partial charge in [0.1, 0.15) is 5.82 Å². The van der Waals surface area contributed by atoms with Gasteiger partial charge < -0.3 is 5.73 Å². The van der Waals surface area contributed by atoms with Gasteiger partial charge in [0.15, 0.2) is 0 Å². The smallest absolute Gasteiger partial charge is 0.207 e. The van der Waals surface area contributed by atoms with Crippen LogP contribution in [-0.2, 0) is 13.1 Å². The standard InChI is InChI=1S/C16H14FN3O/c17-13-6-11(8-18)5-12(7-13)10-20-15-4-2-1-3-14(15)16(21)9-19-20/h1-7,9H,8,10,18H2. The first-order valence-corrected chi connectivity index (χ1v) is 6.60. The summed E-state index contributed by atoms with van der Waals surface area (Å²) < 4.78 is 15.2. The fraction of sp³-hybridized carbons (Fsp3) is 0.125. The molecule has 0 aliphatic carbocycles. The van der Waals surface area contributed by atoms with Crippen molar-refractivity contribution in [2.45, 2.75) is 13.1 Å². The molecule has 0 aliphatic heterocycles. The zero-order chi connectivity index (χ0) is 14.8. The maximum atomic E-state index is 13.6. The van der Waals surface area contributed by atoms with Crippen molar-refractivity contribution in [2.75, 3.05) is 0 Å². The predicted molar refractivity (Wildman–Crippen MR) is 79.4 cm³/mol. The molecule has 4 nitrogen and oxygen atoms in total. The Morgan fingerprint density at radius 3 is 2.71 bits per heavy atom. The van der Waals surface area contributed by atoms with Crippen molar-refractivity contribution in [1.82, 2.24) is 9.78 Å². The van der Waals surface area contributed by atoms with E-state index < -0.39 is 0 Å². The van der Waals surface area contributed by atoms with Gasteiger partial charge in [-0.3, -0.25) is 9.48 Å². The van der Waals surface area contributed by atoms with Crippen LogP contribution in [0, 0.1) is 5.82 Å². The molecule has 0 aliphatic rings. The number of nitrogens with zero attached hydrogens (tertiary/aromatic N) is 2. The molecule has 21 heavy (non-hydrogen) atoms. The minimum absolute atomic E-state index is 0.122. The second kappa shape index (κ2) is 5.46. The van der Waals surface area contributed by atoms with E-state index >= 15 is 0 Å². The molecular formula is C16H14FN3O. The fourth-order valence-corrected chi connectivity index (χ4v) is 2.39. The van der Waals surface area contributed by atoms with E-state index in [0.29, 0.717) is 11.9 Å². The second-order valence-corrected chi connectivity index (χ2v) is 4.86. The normalized spacial score (nSPS) is 11.0. The lowest BCUT2D eigenvalue weighted by atomic mass is 10.1. The Morgan fingerprint density at radius 2 is 1.90 bits per heavy atom. The number of rotatable bonds is 3. The number of aromatic nitrogens is 2. The van der Waals surface area contributed by atoms with Crippen LogP contribution < -0.4 is 11.2 Å². The zero-order valence-electron chi connectivity index (χ0n) is 11.3. The molecule has 3 rings (SSSR count). The van der Waals surface area contributed by atoms with Crippen molar-refractivity contribution in [3.8, 4) is 0 Å². The van der Waals surface area contributed by atoms with Crippen LogP contribution in [0.3, 0.4) is 0 Å². The first-order valence-electron chi connectivity index (χ1n) is 6.60. The van der Waals surface area contributed by atoms with Crippen LogP contribution >= 0.6 is 0 Å². The molecule has 2 aromatic carbocycles. The molecule has 0 spiro atoms. The average Bonchev–Trinajstić information content (AvgIpc) is 2.50. The molecule has 0 unspecified atom stereocenters. The molecule has 2 N–H and O–H groups in total. The summed E-state index contributed by atoms with van der Waals surface area (Å²) in [5.41, 5.74) is 7.66. The number of fused-ring (bicyclic) bond motifs is 1. The first kappa shape index (κ1) is 13.5. The van der Waals surface area contributed by atoms with Crippen LogP contribution in [-0.4, -0.2) is 9.78 Å². The minimum Gasteiger partial charge on any atom is -0.326 e. The summed E-state index contributed by atoms with van der Waals surface area (Å²) in [7, 11) is 0. The Bertz CT molecular complexity index is 858. The number of hydrogen-bond donors (Lipinski definition) is 1. The van der Waals surface area contributed by atoms with Gasteiger partial charge in [-0.15, -0.1) is 0 Å². The van der Waals surface area contributed by atoms with E-state index in [1.54, 1.807) is 10.7 Å². The molecule has 1 heterocycles. The largest absolute Gasteiger partial charge is 0.326 e. The molecule has 0 radical (unpaired) electrons. The first-order chi connectivity index (χ1) is 10.2. The van der Waals surface area contributed by atoms with Gasteiger partial charge in [0.05, 0.1) is 18.3 Å². The van der Waals surface area contributed by atoms with Gasteiger partial charge >= 0.3 is 0 Å². The van der Waals surface area contributed by atoms with Crippen LogP contribution in [0.25, 0.3) is 10.9 Å². The molecule has 3 aromatic rings. The fourth-order valence-electron chi connectivity index (χ4n) is 2.39. The van der Waals surface area contributed by atoms with E-state index in [-0.39, 0.29) is 17.8 Å². The molecule has 0 saturated carbocycles. The number of benzene rings is 2. The third-order valence-corrected chi connectivity index (χ3v) is 3.35. The Hall–Kier alpha value is -2.53. The Morgan fingerprint density at radius 1 is 1.14 bits per heavy atom. The Labute approximate surface area is 120 Å². The predicted octanol–water partition coefficient (Wildman–Crippen LogP) is 2.04. The molecule has 5 heteroatoms. The summed E-state index contributed by atoms with van der Waals surface area (Å²) in [6, 6.07) is 11.9. The monoisotopic (exact) mass is 283 g/mol. The highest BCUT2D eigenvalue weighted by Crippen LogP contribution is 2.13. The van der Waals surface area contributed by atoms with E-state index in [1.165, 1.54) is 18.3 Å². The van der Waals surface area contributed by atoms with Gasteiger partial charge in [-0.2, -0.15) is 5.10 Å². The highest BCUT2D eigenvalue weighted by Gasteiger charge is 2.06. The van der Waals surface area contributed by atoms with Crippen molar-refractivity contribution >= 4 is 10.9 Å². The van der Waals surface area contributed by atoms with E-state index in [2.05, 4.69) is 5.10 Å². The second-order valence-electron chi connectivity index (χ2n) is 4.86. The highest BCUT2D eigenvalue weighted by molar-refractivity contribution is 5.77. The van der Waals surface area contributed by atoms with Crippen molar-refractivity contribution < 1.29 is 4.39 Å². The Kier molecular flexibility index (Phi) is 3.50. The molecular weight excluding hydrogens is 269 g/mol. The van der Waals surface area contributed by atoms with Crippen LogP contribution in [0.4, 0.5) is 4.39 Å². The van der Waals surface area contributed by atoms with Crippen LogP contribution in [0.2, 0.25) is 0 Å². The maximum Gasteiger partial charge on any atom is 0.207 e. The van der Waals surface area contributed by atoms with Crippen molar-refractivity contribution in [1.29, 1.82) is 0 Å². The van der Waals surface area contributed by atoms with Gasteiger partial charge in [-0.05, 0) is 35.4 Å². The molecule has 0 amide bonds. The zero-order valence-corrected chi connectivity index (χ0v) is 11.3. The van der Waals surface area contributed by atoms with E-state index in [4.69, 9.17) is 5.73 Å². The maximum absolute atomic E-state index is 13.6. The summed E-state index contributed by atoms with van der Waals surface area (Å²) in [5.74, 6) is -0.321. The number of nitrogens with two attached hydrogens (primary N) is 1. The number of para-hydroxylation sites is 1. The third kappa shape index (κ3) is 2.68. The summed E-state index contributed by atoms with van der Waals surface area (Å²) in [4.78, 5) is 11.8. The summed E-state index contributed by atoms with van der Waals surface area (Å²) in [5, 5.41) is 4.74. The molecule has 0 bridgehead atoms. The lowest BCUT2D eigenvalue weighted by Crippen LogP contribution is -2.13. The van der Waals surface area contributed by atoms with Crippen LogP contribution in [0.5, 0.6) is 0 Å². The van der Waals surface area contributed by atoms with Gasteiger partial charge in [-0.25, -0.2) is 4.39 Å². The van der Waals surface area contributed by atoms with E-state index in [0.717, 1.165) is 16.6 Å². The van der Waals surface area contributed by atoms with Crippen LogP contribution in [0.15, 0.2) is 53.5 Å². The summed E-state index contributed by atoms with van der Waals surface area (Å²) >= 11 is 0. The molecule has 1 aromatic heterocycles. The Balaban J connectivity index is 2.08. The lowest BCUT2D eigenvalue weighted by Gasteiger charge is -2.10. The molecule has 0 atom stereocenters. The van der Waals surface area contributed by atoms with Crippen molar-refractivity contribution in [3.05, 3.63) is 75.8 Å². The summed E-state index contributed by atoms with van der Waals surface area (Å²) in [6.07, 6.45) is 1.28. The molecule has 106 valence electrons. The third-order valence-electron chi connectivity index (χ3n) is 3.35. The highest BCUT2D eigenvalue weighted by atomic mass is 19.1. The van der Waals surface area contributed by atoms with Gasteiger partial charge in [-0.1, -0.05) is 18.2 Å². The summed E-state index contributed by atoms with van der Waals surface area (Å²) in [6.45, 7) is 0.661. The van der Waals surface area contributed by atoms with Gasteiger partial charge in [0, 0.05) is 11.9 Å². The number of halogens is 1. The SMILES string of the molecule is NCc1cc(F)cc(Cn2ncc(=O)c3ccccc32)c1. The van der Waals surface area contributed by atoms with Gasteiger partial charge in [0.25, 0.3) is 0 Å². The van der Waals surface area contributed by atoms with Crippen LogP contribution in [0.1, 0.15) is 11.1 Å². The van der Waals surface area contributed by atoms with E-state index in [1.807, 2.05) is 24.3 Å². The van der Waals surface area contributed by atoms with E-state index in [9.17, 15) is 9.18 Å². The van der Waals surface area contributed by atoms with Gasteiger partial charge in [0.2, 0.25) is 5.43 Å². The number of hydrogen-bond acceptors (Lipinski definition) is 3. The lowest BCUT2D eigenvalue weighted by molar-refractivity contribution is 0.617.